The molecule has 2 rings (SSSR count). The molecule has 0 saturated carbocycles. The number of carbonyl (C=O) groups is 2. The van der Waals surface area contributed by atoms with Crippen LogP contribution in [0.5, 0.6) is 5.75 Å². The summed E-state index contributed by atoms with van der Waals surface area (Å²) in [4.78, 5) is 33.7. The van der Waals surface area contributed by atoms with Crippen molar-refractivity contribution in [2.45, 2.75) is 25.6 Å². The Labute approximate surface area is 162 Å². The van der Waals surface area contributed by atoms with Gasteiger partial charge in [-0.3, -0.25) is 19.7 Å². The van der Waals surface area contributed by atoms with Gasteiger partial charge in [-0.2, -0.15) is 13.2 Å². The van der Waals surface area contributed by atoms with Crippen molar-refractivity contribution in [1.82, 2.24) is 0 Å². The number of esters is 1. The number of nitro benzene ring substituents is 1. The predicted molar refractivity (Wildman–Crippen MR) is 94.1 cm³/mol. The molecule has 8 nitrogen and oxygen atoms in total. The molecule has 0 spiro atoms. The summed E-state index contributed by atoms with van der Waals surface area (Å²) < 4.78 is 44.3. The molecule has 11 heteroatoms. The summed E-state index contributed by atoms with van der Waals surface area (Å²) in [6, 6.07) is 7.51. The van der Waals surface area contributed by atoms with Gasteiger partial charge >= 0.3 is 12.1 Å². The number of nitrogens with zero attached hydrogens (tertiary/aromatic N) is 1. The number of ether oxygens (including phenoxy) is 1. The summed E-state index contributed by atoms with van der Waals surface area (Å²) in [7, 11) is 0. The molecule has 29 heavy (non-hydrogen) atoms. The van der Waals surface area contributed by atoms with Crippen LogP contribution in [0.1, 0.15) is 18.1 Å². The van der Waals surface area contributed by atoms with Gasteiger partial charge in [0.15, 0.2) is 6.10 Å². The molecular weight excluding hydrogens is 397 g/mol. The molecule has 0 aliphatic heterocycles. The first-order chi connectivity index (χ1) is 13.5. The van der Waals surface area contributed by atoms with Crippen LogP contribution in [0.15, 0.2) is 42.5 Å². The van der Waals surface area contributed by atoms with Crippen LogP contribution in [0.3, 0.4) is 0 Å². The fourth-order valence-corrected chi connectivity index (χ4v) is 2.30. The number of carbonyl (C=O) groups excluding carboxylic acids is 2. The lowest BCUT2D eigenvalue weighted by Gasteiger charge is -2.17. The zero-order chi connectivity index (χ0) is 21.8. The second-order valence-electron chi connectivity index (χ2n) is 5.95. The maximum absolute atomic E-state index is 13.1. The van der Waals surface area contributed by atoms with Crippen molar-refractivity contribution in [2.75, 3.05) is 5.32 Å². The molecule has 0 aliphatic rings. The SMILES string of the molecule is C[C@H](OC(=O)Cc1ccc(O)cc1)C(=O)Nc1ccc([N+](=O)[O-])cc1C(F)(F)F. The number of anilines is 1. The summed E-state index contributed by atoms with van der Waals surface area (Å²) in [5.74, 6) is -1.85. The average Bonchev–Trinajstić information content (AvgIpc) is 2.62. The molecule has 2 aromatic carbocycles. The normalized spacial score (nSPS) is 12.1. The number of benzene rings is 2. The van der Waals surface area contributed by atoms with Gasteiger partial charge in [0.25, 0.3) is 11.6 Å². The molecule has 0 saturated heterocycles. The van der Waals surface area contributed by atoms with Gasteiger partial charge in [-0.15, -0.1) is 0 Å². The van der Waals surface area contributed by atoms with Crippen molar-refractivity contribution in [3.63, 3.8) is 0 Å². The Kier molecular flexibility index (Phi) is 6.42. The highest BCUT2D eigenvalue weighted by molar-refractivity contribution is 5.96. The number of rotatable bonds is 6. The van der Waals surface area contributed by atoms with Crippen LogP contribution >= 0.6 is 0 Å². The van der Waals surface area contributed by atoms with E-state index in [1.54, 1.807) is 0 Å². The summed E-state index contributed by atoms with van der Waals surface area (Å²) in [6.07, 6.45) is -6.59. The molecule has 1 atom stereocenters. The maximum atomic E-state index is 13.1. The number of phenols is 1. The largest absolute Gasteiger partial charge is 0.508 e. The summed E-state index contributed by atoms with van der Waals surface area (Å²) in [5.41, 5.74) is -2.39. The fourth-order valence-electron chi connectivity index (χ4n) is 2.30. The fraction of sp³-hybridized carbons (Fsp3) is 0.222. The Hall–Kier alpha value is -3.63. The van der Waals surface area contributed by atoms with E-state index < -0.39 is 46.0 Å². The van der Waals surface area contributed by atoms with E-state index in [0.29, 0.717) is 11.6 Å². The summed E-state index contributed by atoms with van der Waals surface area (Å²) in [5, 5.41) is 21.8. The number of halogens is 3. The van der Waals surface area contributed by atoms with Gasteiger partial charge in [0, 0.05) is 12.1 Å². The topological polar surface area (TPSA) is 119 Å². The summed E-state index contributed by atoms with van der Waals surface area (Å²) >= 11 is 0. The zero-order valence-corrected chi connectivity index (χ0v) is 14.9. The standard InChI is InChI=1S/C18H15F3N2O6/c1-10(29-16(25)8-11-2-5-13(24)6-3-11)17(26)22-15-7-4-12(23(27)28)9-14(15)18(19,20)21/h2-7,9-10,24H,8H2,1H3,(H,22,26)/t10-/m0/s1. The lowest BCUT2D eigenvalue weighted by Crippen LogP contribution is -2.31. The molecule has 1 amide bonds. The third-order valence-corrected chi connectivity index (χ3v) is 3.74. The average molecular weight is 412 g/mol. The highest BCUT2D eigenvalue weighted by atomic mass is 19.4. The minimum absolute atomic E-state index is 0.00145. The van der Waals surface area contributed by atoms with E-state index in [1.165, 1.54) is 31.2 Å². The molecular formula is C18H15F3N2O6. The number of hydrogen-bond acceptors (Lipinski definition) is 6. The van der Waals surface area contributed by atoms with Crippen LogP contribution in [0.2, 0.25) is 0 Å². The molecule has 0 aromatic heterocycles. The Morgan fingerprint density at radius 3 is 2.38 bits per heavy atom. The van der Waals surface area contributed by atoms with Crippen LogP contribution < -0.4 is 5.32 Å². The van der Waals surface area contributed by atoms with E-state index >= 15 is 0 Å². The van der Waals surface area contributed by atoms with Gasteiger partial charge in [-0.1, -0.05) is 12.1 Å². The number of non-ortho nitro benzene ring substituents is 1. The Morgan fingerprint density at radius 1 is 1.21 bits per heavy atom. The van der Waals surface area contributed by atoms with Crippen molar-refractivity contribution >= 4 is 23.3 Å². The number of phenolic OH excluding ortho intramolecular Hbond substituents is 1. The van der Waals surface area contributed by atoms with E-state index in [1.807, 2.05) is 5.32 Å². The van der Waals surface area contributed by atoms with Gasteiger partial charge in [0.05, 0.1) is 22.6 Å². The van der Waals surface area contributed by atoms with E-state index in [-0.39, 0.29) is 12.2 Å². The van der Waals surface area contributed by atoms with E-state index in [4.69, 9.17) is 4.74 Å². The van der Waals surface area contributed by atoms with Crippen LogP contribution in [-0.4, -0.2) is 28.0 Å². The summed E-state index contributed by atoms with van der Waals surface area (Å²) in [6.45, 7) is 1.17. The van der Waals surface area contributed by atoms with Gasteiger partial charge in [0.1, 0.15) is 5.75 Å². The quantitative estimate of drug-likeness (QED) is 0.426. The molecule has 2 N–H and O–H groups in total. The number of aromatic hydroxyl groups is 1. The van der Waals surface area contributed by atoms with Crippen molar-refractivity contribution in [3.8, 4) is 5.75 Å². The predicted octanol–water partition coefficient (Wildman–Crippen LogP) is 3.43. The molecule has 2 aromatic rings. The van der Waals surface area contributed by atoms with E-state index in [2.05, 4.69) is 0 Å². The lowest BCUT2D eigenvalue weighted by atomic mass is 10.1. The molecule has 0 radical (unpaired) electrons. The molecule has 0 aliphatic carbocycles. The van der Waals surface area contributed by atoms with Crippen LogP contribution in [-0.2, 0) is 26.9 Å². The number of nitro groups is 1. The minimum atomic E-state index is -4.95. The third-order valence-electron chi connectivity index (χ3n) is 3.74. The first kappa shape index (κ1) is 21.7. The van der Waals surface area contributed by atoms with Crippen molar-refractivity contribution < 1.29 is 37.5 Å². The van der Waals surface area contributed by atoms with E-state index in [0.717, 1.165) is 12.1 Å². The first-order valence-electron chi connectivity index (χ1n) is 8.11. The monoisotopic (exact) mass is 412 g/mol. The van der Waals surface area contributed by atoms with Gasteiger partial charge in [0.2, 0.25) is 0 Å². The molecule has 0 fully saturated rings. The minimum Gasteiger partial charge on any atom is -0.508 e. The van der Waals surface area contributed by atoms with Crippen LogP contribution in [0.4, 0.5) is 24.5 Å². The van der Waals surface area contributed by atoms with Crippen molar-refractivity contribution in [1.29, 1.82) is 0 Å². The first-order valence-corrected chi connectivity index (χ1v) is 8.11. The highest BCUT2D eigenvalue weighted by Crippen LogP contribution is 2.37. The molecule has 154 valence electrons. The zero-order valence-electron chi connectivity index (χ0n) is 14.9. The van der Waals surface area contributed by atoms with Crippen LogP contribution in [0.25, 0.3) is 0 Å². The van der Waals surface area contributed by atoms with Gasteiger partial charge < -0.3 is 15.2 Å². The lowest BCUT2D eigenvalue weighted by molar-refractivity contribution is -0.385. The maximum Gasteiger partial charge on any atom is 0.418 e. The van der Waals surface area contributed by atoms with Crippen molar-refractivity contribution in [2.24, 2.45) is 0 Å². The second kappa shape index (κ2) is 8.59. The van der Waals surface area contributed by atoms with Crippen molar-refractivity contribution in [3.05, 3.63) is 63.7 Å². The molecule has 0 bridgehead atoms. The highest BCUT2D eigenvalue weighted by Gasteiger charge is 2.36. The number of amides is 1. The number of hydrogen-bond donors (Lipinski definition) is 2. The number of alkyl halides is 3. The van der Waals surface area contributed by atoms with Gasteiger partial charge in [-0.05, 0) is 30.7 Å². The second-order valence-corrected chi connectivity index (χ2v) is 5.95. The molecule has 0 heterocycles. The number of nitrogens with one attached hydrogen (secondary N) is 1. The molecule has 0 unspecified atom stereocenters. The Bertz CT molecular complexity index is 928. The van der Waals surface area contributed by atoms with E-state index in [9.17, 15) is 38.0 Å². The Morgan fingerprint density at radius 2 is 1.83 bits per heavy atom. The van der Waals surface area contributed by atoms with Gasteiger partial charge in [-0.25, -0.2) is 0 Å². The smallest absolute Gasteiger partial charge is 0.418 e. The Balaban J connectivity index is 2.07. The third kappa shape index (κ3) is 5.92. The van der Waals surface area contributed by atoms with Crippen LogP contribution in [0, 0.1) is 10.1 Å².